The molecule has 37 heavy (non-hydrogen) atoms. The van der Waals surface area contributed by atoms with Crippen molar-refractivity contribution >= 4 is 46.7 Å². The Labute approximate surface area is 228 Å². The molecule has 0 spiro atoms. The summed E-state index contributed by atoms with van der Waals surface area (Å²) in [6.07, 6.45) is 1.55. The number of hydrogen-bond acceptors (Lipinski definition) is 5. The third-order valence-corrected chi connectivity index (χ3v) is 7.84. The van der Waals surface area contributed by atoms with E-state index in [0.717, 1.165) is 11.3 Å². The molecule has 1 fully saturated rings. The highest BCUT2D eigenvalue weighted by Crippen LogP contribution is 2.37. The van der Waals surface area contributed by atoms with Crippen LogP contribution in [0.25, 0.3) is 16.9 Å². The largest absolute Gasteiger partial charge is 0.453 e. The second-order valence-corrected chi connectivity index (χ2v) is 10.5. The first-order chi connectivity index (χ1) is 17.9. The van der Waals surface area contributed by atoms with Crippen LogP contribution in [0.4, 0.5) is 9.18 Å². The zero-order valence-electron chi connectivity index (χ0n) is 20.0. The highest BCUT2D eigenvalue weighted by molar-refractivity contribution is 7.98. The van der Waals surface area contributed by atoms with Crippen molar-refractivity contribution in [2.45, 2.75) is 23.2 Å². The fraction of sp³-hybridized carbons (Fsp3) is 0.259. The summed E-state index contributed by atoms with van der Waals surface area (Å²) in [5.41, 5.74) is 3.52. The van der Waals surface area contributed by atoms with Crippen LogP contribution in [0.15, 0.2) is 65.7 Å². The van der Waals surface area contributed by atoms with E-state index in [1.807, 2.05) is 40.9 Å². The molecule has 10 heteroatoms. The maximum absolute atomic E-state index is 15.3. The van der Waals surface area contributed by atoms with Crippen molar-refractivity contribution in [1.82, 2.24) is 14.3 Å². The highest BCUT2D eigenvalue weighted by atomic mass is 35.5. The van der Waals surface area contributed by atoms with Gasteiger partial charge in [-0.3, -0.25) is 0 Å². The fourth-order valence-electron chi connectivity index (χ4n) is 4.39. The Hall–Kier alpha value is -2.78. The van der Waals surface area contributed by atoms with Gasteiger partial charge in [-0.25, -0.2) is 14.2 Å². The number of morpholine rings is 1. The number of thioether (sulfide) groups is 1. The molecule has 1 amide bonds. The Bertz CT molecular complexity index is 1430. The minimum Gasteiger partial charge on any atom is -0.453 e. The molecule has 3 heterocycles. The molecule has 1 aliphatic heterocycles. The lowest BCUT2D eigenvalue weighted by Gasteiger charge is -2.32. The van der Waals surface area contributed by atoms with E-state index in [1.54, 1.807) is 23.1 Å². The van der Waals surface area contributed by atoms with Crippen molar-refractivity contribution in [2.24, 2.45) is 0 Å². The molecule has 2 aromatic carbocycles. The SMILES string of the molecule is COC(=O)N1CCO[C@@H](Cc2c(-c3cc(F)c(SCc4ccccc4)cc3Cl)nc3cc(Cl)ccn23)C1. The van der Waals surface area contributed by atoms with E-state index < -0.39 is 6.09 Å². The fourth-order valence-corrected chi connectivity index (χ4v) is 5.78. The minimum atomic E-state index is -0.396. The molecule has 0 aliphatic carbocycles. The summed E-state index contributed by atoms with van der Waals surface area (Å²) in [6, 6.07) is 16.5. The molecule has 1 atom stereocenters. The standard InChI is InChI=1S/C27H24Cl2FN3O3S/c1-35-27(34)32-9-10-36-19(15-32)12-23-26(31-25-11-18(28)7-8-33(23)25)20-13-22(30)24(14-21(20)29)37-16-17-5-3-2-4-6-17/h2-8,11,13-14,19H,9-10,12,15-16H2,1H3/t19-/m0/s1. The van der Waals surface area contributed by atoms with Gasteiger partial charge in [-0.2, -0.15) is 0 Å². The predicted molar refractivity (Wildman–Crippen MR) is 144 cm³/mol. The molecule has 192 valence electrons. The number of carbonyl (C=O) groups excluding carboxylic acids is 1. The highest BCUT2D eigenvalue weighted by Gasteiger charge is 2.28. The number of pyridine rings is 1. The van der Waals surface area contributed by atoms with Crippen LogP contribution in [-0.2, 0) is 21.6 Å². The summed E-state index contributed by atoms with van der Waals surface area (Å²) in [5.74, 6) is 0.258. The molecule has 0 unspecified atom stereocenters. The van der Waals surface area contributed by atoms with Gasteiger partial charge in [0.25, 0.3) is 0 Å². The third-order valence-electron chi connectivity index (χ3n) is 6.19. The number of ether oxygens (including phenoxy) is 2. The number of rotatable bonds is 6. The van der Waals surface area contributed by atoms with Crippen molar-refractivity contribution < 1.29 is 18.7 Å². The molecule has 0 bridgehead atoms. The van der Waals surface area contributed by atoms with Gasteiger partial charge in [0.2, 0.25) is 0 Å². The van der Waals surface area contributed by atoms with Crippen LogP contribution in [0.2, 0.25) is 10.0 Å². The maximum atomic E-state index is 15.3. The number of fused-ring (bicyclic) bond motifs is 1. The predicted octanol–water partition coefficient (Wildman–Crippen LogP) is 6.75. The molecule has 1 aliphatic rings. The number of hydrogen-bond donors (Lipinski definition) is 0. The quantitative estimate of drug-likeness (QED) is 0.244. The van der Waals surface area contributed by atoms with E-state index in [2.05, 4.69) is 0 Å². The topological polar surface area (TPSA) is 56.1 Å². The van der Waals surface area contributed by atoms with E-state index in [4.69, 9.17) is 37.7 Å². The molecule has 5 rings (SSSR count). The van der Waals surface area contributed by atoms with Gasteiger partial charge in [-0.05, 0) is 23.8 Å². The van der Waals surface area contributed by atoms with Crippen LogP contribution in [0.1, 0.15) is 11.3 Å². The van der Waals surface area contributed by atoms with Gasteiger partial charge in [0.05, 0.1) is 42.8 Å². The Morgan fingerprint density at radius 1 is 1.22 bits per heavy atom. The van der Waals surface area contributed by atoms with Crippen LogP contribution in [0.3, 0.4) is 0 Å². The zero-order valence-corrected chi connectivity index (χ0v) is 22.3. The number of methoxy groups -OCH3 is 1. The summed E-state index contributed by atoms with van der Waals surface area (Å²) in [5, 5.41) is 0.930. The van der Waals surface area contributed by atoms with Gasteiger partial charge in [0.1, 0.15) is 11.5 Å². The monoisotopic (exact) mass is 559 g/mol. The first-order valence-electron chi connectivity index (χ1n) is 11.7. The van der Waals surface area contributed by atoms with E-state index in [1.165, 1.54) is 24.9 Å². The van der Waals surface area contributed by atoms with Crippen molar-refractivity contribution in [3.8, 4) is 11.3 Å². The molecule has 4 aromatic rings. The Morgan fingerprint density at radius 3 is 2.81 bits per heavy atom. The number of nitrogens with zero attached hydrogens (tertiary/aromatic N) is 3. The van der Waals surface area contributed by atoms with Crippen molar-refractivity contribution in [1.29, 1.82) is 0 Å². The van der Waals surface area contributed by atoms with E-state index in [-0.39, 0.29) is 11.9 Å². The molecule has 0 saturated carbocycles. The van der Waals surface area contributed by atoms with E-state index in [0.29, 0.717) is 63.7 Å². The second-order valence-electron chi connectivity index (χ2n) is 8.63. The van der Waals surface area contributed by atoms with Gasteiger partial charge < -0.3 is 18.8 Å². The lowest BCUT2D eigenvalue weighted by molar-refractivity contribution is -0.0241. The third kappa shape index (κ3) is 5.72. The normalized spacial score (nSPS) is 15.8. The number of benzene rings is 2. The van der Waals surface area contributed by atoms with Gasteiger partial charge >= 0.3 is 6.09 Å². The number of imidazole rings is 1. The van der Waals surface area contributed by atoms with Crippen molar-refractivity contribution in [3.05, 3.63) is 87.9 Å². The number of aromatic nitrogens is 2. The molecule has 0 radical (unpaired) electrons. The van der Waals surface area contributed by atoms with Crippen LogP contribution in [0.5, 0.6) is 0 Å². The van der Waals surface area contributed by atoms with Gasteiger partial charge in [-0.1, -0.05) is 53.5 Å². The van der Waals surface area contributed by atoms with Crippen LogP contribution in [-0.4, -0.2) is 53.3 Å². The second kappa shape index (κ2) is 11.3. The first-order valence-corrected chi connectivity index (χ1v) is 13.4. The summed E-state index contributed by atoms with van der Waals surface area (Å²) in [7, 11) is 1.36. The van der Waals surface area contributed by atoms with Crippen LogP contribution < -0.4 is 0 Å². The summed E-state index contributed by atoms with van der Waals surface area (Å²) in [6.45, 7) is 1.21. The summed E-state index contributed by atoms with van der Waals surface area (Å²) >= 11 is 14.3. The Kier molecular flexibility index (Phi) is 7.90. The van der Waals surface area contributed by atoms with Crippen molar-refractivity contribution in [2.75, 3.05) is 26.8 Å². The number of carbonyl (C=O) groups is 1. The molecular weight excluding hydrogens is 536 g/mol. The van der Waals surface area contributed by atoms with Crippen LogP contribution >= 0.6 is 35.0 Å². The van der Waals surface area contributed by atoms with Crippen LogP contribution in [0, 0.1) is 5.82 Å². The lowest BCUT2D eigenvalue weighted by Crippen LogP contribution is -2.46. The van der Waals surface area contributed by atoms with E-state index in [9.17, 15) is 4.79 Å². The Morgan fingerprint density at radius 2 is 2.03 bits per heavy atom. The lowest BCUT2D eigenvalue weighted by atomic mass is 10.0. The number of halogens is 3. The molecule has 6 nitrogen and oxygen atoms in total. The molecule has 2 aromatic heterocycles. The van der Waals surface area contributed by atoms with Gasteiger partial charge in [-0.15, -0.1) is 11.8 Å². The first kappa shape index (κ1) is 25.9. The molecule has 1 saturated heterocycles. The average molecular weight is 560 g/mol. The maximum Gasteiger partial charge on any atom is 0.409 e. The Balaban J connectivity index is 1.48. The van der Waals surface area contributed by atoms with E-state index >= 15 is 4.39 Å². The molecule has 0 N–H and O–H groups in total. The zero-order chi connectivity index (χ0) is 25.9. The average Bonchev–Trinajstić information content (AvgIpc) is 3.25. The van der Waals surface area contributed by atoms with Crippen molar-refractivity contribution in [3.63, 3.8) is 0 Å². The van der Waals surface area contributed by atoms with Gasteiger partial charge in [0.15, 0.2) is 0 Å². The van der Waals surface area contributed by atoms with Gasteiger partial charge in [0, 0.05) is 46.5 Å². The molecular formula is C27H24Cl2FN3O3S. The smallest absolute Gasteiger partial charge is 0.409 e. The number of amides is 1. The minimum absolute atomic E-state index is 0.300. The summed E-state index contributed by atoms with van der Waals surface area (Å²) < 4.78 is 28.0. The summed E-state index contributed by atoms with van der Waals surface area (Å²) in [4.78, 5) is 18.9.